The number of hydrogen-bond donors (Lipinski definition) is 0. The Bertz CT molecular complexity index is 1950. The van der Waals surface area contributed by atoms with Crippen LogP contribution in [0, 0.1) is 0 Å². The summed E-state index contributed by atoms with van der Waals surface area (Å²) in [6.07, 6.45) is -10.8. The van der Waals surface area contributed by atoms with Gasteiger partial charge < -0.3 is 47.4 Å². The SMILES string of the molecule is CO[C@H]1O[C@H](COCc2ccccc2)[C@@H](O[C@H]2O[C@@H]3CO[C@@H](c4ccccc4)O[C@H]3[C@H](OCc3ccccc3)[C@H]2F)[C@H](OCc2ccccc2)[C@H]1OCc1ccccc1. The minimum absolute atomic E-state index is 0.0741. The van der Waals surface area contributed by atoms with Crippen molar-refractivity contribution in [1.29, 1.82) is 0 Å². The van der Waals surface area contributed by atoms with E-state index in [1.54, 1.807) is 7.11 Å². The average molecular weight is 807 g/mol. The van der Waals surface area contributed by atoms with Crippen LogP contribution in [0.15, 0.2) is 152 Å². The number of ether oxygens (including phenoxy) is 10. The van der Waals surface area contributed by atoms with Crippen LogP contribution in [0.1, 0.15) is 34.1 Å². The quantitative estimate of drug-likeness (QED) is 0.0925. The second-order valence-electron chi connectivity index (χ2n) is 14.8. The second-order valence-corrected chi connectivity index (χ2v) is 14.8. The average Bonchev–Trinajstić information content (AvgIpc) is 3.29. The van der Waals surface area contributed by atoms with Crippen LogP contribution in [-0.4, -0.2) is 81.8 Å². The predicted molar refractivity (Wildman–Crippen MR) is 215 cm³/mol. The fourth-order valence-corrected chi connectivity index (χ4v) is 7.67. The lowest BCUT2D eigenvalue weighted by Gasteiger charge is -2.50. The molecule has 3 heterocycles. The third-order valence-electron chi connectivity index (χ3n) is 10.7. The molecule has 0 N–H and O–H groups in total. The van der Waals surface area contributed by atoms with Gasteiger partial charge in [-0.3, -0.25) is 0 Å². The van der Waals surface area contributed by atoms with Crippen molar-refractivity contribution in [3.63, 3.8) is 0 Å². The number of methoxy groups -OCH3 is 1. The summed E-state index contributed by atoms with van der Waals surface area (Å²) in [5, 5.41) is 0. The van der Waals surface area contributed by atoms with Crippen molar-refractivity contribution in [2.45, 2.75) is 94.2 Å². The molecule has 10 nitrogen and oxygen atoms in total. The van der Waals surface area contributed by atoms with Gasteiger partial charge in [-0.25, -0.2) is 4.39 Å². The van der Waals surface area contributed by atoms with Gasteiger partial charge in [0.25, 0.3) is 0 Å². The molecule has 5 aromatic carbocycles. The first-order valence-corrected chi connectivity index (χ1v) is 20.2. The van der Waals surface area contributed by atoms with Gasteiger partial charge in [-0.15, -0.1) is 0 Å². The lowest BCUT2D eigenvalue weighted by atomic mass is 9.96. The van der Waals surface area contributed by atoms with Crippen molar-refractivity contribution in [3.05, 3.63) is 179 Å². The molecule has 59 heavy (non-hydrogen) atoms. The normalized spacial score (nSPS) is 29.4. The summed E-state index contributed by atoms with van der Waals surface area (Å²) in [6.45, 7) is 1.12. The topological polar surface area (TPSA) is 92.3 Å². The number of fused-ring (bicyclic) bond motifs is 1. The fraction of sp³-hybridized carbons (Fsp3) is 0.375. The predicted octanol–water partition coefficient (Wildman–Crippen LogP) is 7.89. The highest BCUT2D eigenvalue weighted by molar-refractivity contribution is 5.18. The van der Waals surface area contributed by atoms with Crippen molar-refractivity contribution in [1.82, 2.24) is 0 Å². The van der Waals surface area contributed by atoms with Crippen LogP contribution >= 0.6 is 0 Å². The summed E-state index contributed by atoms with van der Waals surface area (Å²) in [5.41, 5.74) is 4.57. The molecule has 310 valence electrons. The summed E-state index contributed by atoms with van der Waals surface area (Å²) >= 11 is 0. The number of alkyl halides is 1. The van der Waals surface area contributed by atoms with E-state index in [2.05, 4.69) is 0 Å². The van der Waals surface area contributed by atoms with Crippen LogP contribution < -0.4 is 0 Å². The maximum Gasteiger partial charge on any atom is 0.192 e. The largest absolute Gasteiger partial charge is 0.374 e. The molecule has 5 aromatic rings. The van der Waals surface area contributed by atoms with Crippen LogP contribution in [0.4, 0.5) is 4.39 Å². The fourth-order valence-electron chi connectivity index (χ4n) is 7.67. The zero-order valence-electron chi connectivity index (χ0n) is 33.0. The molecular formula is C48H51FO10. The Morgan fingerprint density at radius 2 is 1.02 bits per heavy atom. The van der Waals surface area contributed by atoms with E-state index in [-0.39, 0.29) is 33.0 Å². The molecule has 3 aliphatic heterocycles. The van der Waals surface area contributed by atoms with E-state index in [1.807, 2.05) is 152 Å². The van der Waals surface area contributed by atoms with E-state index in [1.165, 1.54) is 0 Å². The molecule has 11 heteroatoms. The molecule has 0 amide bonds. The molecule has 0 spiro atoms. The maximum atomic E-state index is 17.4. The molecule has 0 radical (unpaired) electrons. The van der Waals surface area contributed by atoms with Gasteiger partial charge in [0.2, 0.25) is 0 Å². The van der Waals surface area contributed by atoms with Crippen LogP contribution in [0.3, 0.4) is 0 Å². The molecule has 0 aliphatic carbocycles. The Labute approximate surface area is 345 Å². The Balaban J connectivity index is 1.09. The van der Waals surface area contributed by atoms with Crippen molar-refractivity contribution < 1.29 is 51.8 Å². The van der Waals surface area contributed by atoms with Gasteiger partial charge in [0.15, 0.2) is 25.0 Å². The monoisotopic (exact) mass is 806 g/mol. The third kappa shape index (κ3) is 10.7. The molecule has 0 bridgehead atoms. The van der Waals surface area contributed by atoms with Gasteiger partial charge in [0, 0.05) is 12.7 Å². The van der Waals surface area contributed by atoms with Gasteiger partial charge >= 0.3 is 0 Å². The molecule has 3 fully saturated rings. The number of rotatable bonds is 17. The summed E-state index contributed by atoms with van der Waals surface area (Å²) in [5.74, 6) is 0. The van der Waals surface area contributed by atoms with Gasteiger partial charge in [-0.1, -0.05) is 152 Å². The minimum atomic E-state index is -1.79. The Morgan fingerprint density at radius 3 is 1.56 bits per heavy atom. The minimum Gasteiger partial charge on any atom is -0.374 e. The lowest BCUT2D eigenvalue weighted by molar-refractivity contribution is -0.386. The highest BCUT2D eigenvalue weighted by Gasteiger charge is 2.55. The highest BCUT2D eigenvalue weighted by Crippen LogP contribution is 2.39. The second kappa shape index (κ2) is 20.7. The van der Waals surface area contributed by atoms with Gasteiger partial charge in [-0.05, 0) is 22.3 Å². The van der Waals surface area contributed by atoms with E-state index >= 15 is 4.39 Å². The number of halogens is 1. The summed E-state index contributed by atoms with van der Waals surface area (Å²) in [6, 6.07) is 48.6. The highest BCUT2D eigenvalue weighted by atomic mass is 19.1. The molecule has 8 rings (SSSR count). The molecule has 0 aromatic heterocycles. The molecular weight excluding hydrogens is 756 g/mol. The van der Waals surface area contributed by atoms with Gasteiger partial charge in [0.1, 0.15) is 42.7 Å². The van der Waals surface area contributed by atoms with E-state index in [0.29, 0.717) is 6.61 Å². The smallest absolute Gasteiger partial charge is 0.192 e. The first-order chi connectivity index (χ1) is 29.1. The zero-order valence-corrected chi connectivity index (χ0v) is 33.0. The summed E-state index contributed by atoms with van der Waals surface area (Å²) in [7, 11) is 1.56. The molecule has 11 atom stereocenters. The first-order valence-electron chi connectivity index (χ1n) is 20.2. The van der Waals surface area contributed by atoms with Gasteiger partial charge in [0.05, 0.1) is 39.6 Å². The van der Waals surface area contributed by atoms with E-state index in [0.717, 1.165) is 27.8 Å². The van der Waals surface area contributed by atoms with Crippen LogP contribution in [0.5, 0.6) is 0 Å². The van der Waals surface area contributed by atoms with Crippen LogP contribution in [0.25, 0.3) is 0 Å². The molecule has 3 aliphatic rings. The van der Waals surface area contributed by atoms with Crippen LogP contribution in [0.2, 0.25) is 0 Å². The molecule has 3 saturated heterocycles. The number of benzene rings is 5. The van der Waals surface area contributed by atoms with Crippen molar-refractivity contribution in [3.8, 4) is 0 Å². The van der Waals surface area contributed by atoms with Crippen molar-refractivity contribution in [2.75, 3.05) is 20.3 Å². The molecule has 0 saturated carbocycles. The standard InChI is InChI=1S/C48H51FO10/c1-50-48-45(54-30-36-23-13-5-14-24-36)44(53-29-35-21-11-4-12-22-35)42(38(57-48)31-51-27-33-17-7-2-8-18-33)59-47-40(49)43(52-28-34-19-9-3-10-20-34)41-39(56-47)32-55-46(58-41)37-25-15-6-16-26-37/h2-26,38-48H,27-32H2,1H3/t38-,39-,40-,41-,42-,43-,44+,45-,46-,47-,48+/m1/s1. The summed E-state index contributed by atoms with van der Waals surface area (Å²) < 4.78 is 81.9. The maximum absolute atomic E-state index is 17.4. The van der Waals surface area contributed by atoms with E-state index in [4.69, 9.17) is 47.4 Å². The zero-order chi connectivity index (χ0) is 40.2. The molecule has 0 unspecified atom stereocenters. The van der Waals surface area contributed by atoms with Crippen molar-refractivity contribution >= 4 is 0 Å². The van der Waals surface area contributed by atoms with E-state index < -0.39 is 67.8 Å². The Hall–Kier alpha value is -4.37. The Kier molecular flexibility index (Phi) is 14.5. The van der Waals surface area contributed by atoms with Crippen molar-refractivity contribution in [2.24, 2.45) is 0 Å². The van der Waals surface area contributed by atoms with Gasteiger partial charge in [-0.2, -0.15) is 0 Å². The lowest BCUT2D eigenvalue weighted by Crippen LogP contribution is -2.66. The third-order valence-corrected chi connectivity index (χ3v) is 10.7. The first kappa shape index (κ1) is 41.4. The summed E-state index contributed by atoms with van der Waals surface area (Å²) in [4.78, 5) is 0. The number of hydrogen-bond acceptors (Lipinski definition) is 10. The Morgan fingerprint density at radius 1 is 0.525 bits per heavy atom. The van der Waals surface area contributed by atoms with Crippen LogP contribution in [-0.2, 0) is 73.8 Å². The van der Waals surface area contributed by atoms with E-state index in [9.17, 15) is 0 Å².